The molecule has 0 aliphatic rings. The Morgan fingerprint density at radius 2 is 1.95 bits per heavy atom. The zero-order valence-corrected chi connectivity index (χ0v) is 13.0. The van der Waals surface area contributed by atoms with Gasteiger partial charge in [0.1, 0.15) is 0 Å². The minimum absolute atomic E-state index is 0.492. The Hall–Kier alpha value is -1.09. The van der Waals surface area contributed by atoms with Crippen LogP contribution in [0.5, 0.6) is 5.88 Å². The van der Waals surface area contributed by atoms with E-state index in [2.05, 4.69) is 44.1 Å². The van der Waals surface area contributed by atoms with Crippen LogP contribution in [0.1, 0.15) is 51.8 Å². The summed E-state index contributed by atoms with van der Waals surface area (Å²) in [5.74, 6) is 1.48. The Morgan fingerprint density at radius 3 is 2.53 bits per heavy atom. The molecule has 1 aromatic heterocycles. The predicted octanol–water partition coefficient (Wildman–Crippen LogP) is 3.70. The molecule has 1 aromatic rings. The van der Waals surface area contributed by atoms with Gasteiger partial charge in [0.2, 0.25) is 5.88 Å². The quantitative estimate of drug-likeness (QED) is 0.727. The monoisotopic (exact) mass is 264 g/mol. The van der Waals surface area contributed by atoms with Crippen molar-refractivity contribution in [1.82, 2.24) is 10.3 Å². The molecule has 0 unspecified atom stereocenters. The zero-order chi connectivity index (χ0) is 14.3. The maximum absolute atomic E-state index is 5.69. The maximum Gasteiger partial charge on any atom is 0.213 e. The van der Waals surface area contributed by atoms with Crippen LogP contribution < -0.4 is 10.1 Å². The van der Waals surface area contributed by atoms with Gasteiger partial charge in [0.25, 0.3) is 0 Å². The lowest BCUT2D eigenvalue weighted by Gasteiger charge is -2.12. The van der Waals surface area contributed by atoms with E-state index in [0.29, 0.717) is 6.04 Å². The number of aryl methyl sites for hydroxylation is 1. The number of rotatable bonds is 8. The van der Waals surface area contributed by atoms with E-state index >= 15 is 0 Å². The molecule has 1 heterocycles. The summed E-state index contributed by atoms with van der Waals surface area (Å²) < 4.78 is 5.69. The van der Waals surface area contributed by atoms with Crippen molar-refractivity contribution in [1.29, 1.82) is 0 Å². The van der Waals surface area contributed by atoms with Gasteiger partial charge in [-0.1, -0.05) is 33.8 Å². The number of ether oxygens (including phenoxy) is 1. The molecule has 19 heavy (non-hydrogen) atoms. The van der Waals surface area contributed by atoms with Crippen LogP contribution in [0.4, 0.5) is 0 Å². The first-order chi connectivity index (χ1) is 8.99. The van der Waals surface area contributed by atoms with Crippen molar-refractivity contribution in [2.75, 3.05) is 6.61 Å². The molecule has 0 saturated heterocycles. The SMILES string of the molecule is Cc1nc(OCCCC(C)C)ccc1CNC(C)C. The number of aromatic nitrogens is 1. The molecule has 108 valence electrons. The van der Waals surface area contributed by atoms with E-state index in [9.17, 15) is 0 Å². The molecule has 0 aliphatic heterocycles. The van der Waals surface area contributed by atoms with Crippen LogP contribution >= 0.6 is 0 Å². The first-order valence-corrected chi connectivity index (χ1v) is 7.31. The smallest absolute Gasteiger partial charge is 0.213 e. The average molecular weight is 264 g/mol. The van der Waals surface area contributed by atoms with Gasteiger partial charge in [-0.3, -0.25) is 0 Å². The molecule has 0 saturated carbocycles. The molecular formula is C16H28N2O. The summed E-state index contributed by atoms with van der Waals surface area (Å²) in [4.78, 5) is 4.51. The lowest BCUT2D eigenvalue weighted by Crippen LogP contribution is -2.22. The van der Waals surface area contributed by atoms with E-state index < -0.39 is 0 Å². The predicted molar refractivity (Wildman–Crippen MR) is 80.5 cm³/mol. The number of pyridine rings is 1. The van der Waals surface area contributed by atoms with Gasteiger partial charge in [-0.15, -0.1) is 0 Å². The Morgan fingerprint density at radius 1 is 1.21 bits per heavy atom. The fourth-order valence-electron chi connectivity index (χ4n) is 1.82. The van der Waals surface area contributed by atoms with Crippen LogP contribution in [0.3, 0.4) is 0 Å². The minimum atomic E-state index is 0.492. The molecule has 3 heteroatoms. The van der Waals surface area contributed by atoms with Crippen molar-refractivity contribution in [2.45, 2.75) is 60.0 Å². The van der Waals surface area contributed by atoms with Gasteiger partial charge in [0, 0.05) is 24.3 Å². The first kappa shape index (κ1) is 16.0. The Kier molecular flexibility index (Phi) is 6.85. The van der Waals surface area contributed by atoms with E-state index in [-0.39, 0.29) is 0 Å². The van der Waals surface area contributed by atoms with Crippen molar-refractivity contribution < 1.29 is 4.74 Å². The third-order valence-electron chi connectivity index (χ3n) is 3.05. The van der Waals surface area contributed by atoms with Crippen LogP contribution in [0.2, 0.25) is 0 Å². The third kappa shape index (κ3) is 6.58. The maximum atomic E-state index is 5.69. The van der Waals surface area contributed by atoms with Crippen LogP contribution in [0.15, 0.2) is 12.1 Å². The summed E-state index contributed by atoms with van der Waals surface area (Å²) in [6.07, 6.45) is 2.30. The summed E-state index contributed by atoms with van der Waals surface area (Å²) in [7, 11) is 0. The lowest BCUT2D eigenvalue weighted by molar-refractivity contribution is 0.286. The van der Waals surface area contributed by atoms with Crippen molar-refractivity contribution in [3.8, 4) is 5.88 Å². The first-order valence-electron chi connectivity index (χ1n) is 7.31. The molecule has 3 nitrogen and oxygen atoms in total. The van der Waals surface area contributed by atoms with E-state index in [1.165, 1.54) is 12.0 Å². The van der Waals surface area contributed by atoms with Gasteiger partial charge in [-0.2, -0.15) is 0 Å². The highest BCUT2D eigenvalue weighted by Crippen LogP contribution is 2.13. The normalized spacial score (nSPS) is 11.3. The van der Waals surface area contributed by atoms with Gasteiger partial charge in [-0.05, 0) is 31.2 Å². The van der Waals surface area contributed by atoms with E-state index in [4.69, 9.17) is 4.74 Å². The molecule has 0 amide bonds. The van der Waals surface area contributed by atoms with Crippen LogP contribution in [-0.4, -0.2) is 17.6 Å². The summed E-state index contributed by atoms with van der Waals surface area (Å²) in [5, 5.41) is 3.41. The summed E-state index contributed by atoms with van der Waals surface area (Å²) in [6.45, 7) is 12.4. The van der Waals surface area contributed by atoms with Gasteiger partial charge < -0.3 is 10.1 Å². The molecule has 0 spiro atoms. The number of nitrogens with one attached hydrogen (secondary N) is 1. The van der Waals surface area contributed by atoms with Crippen molar-refractivity contribution in [3.63, 3.8) is 0 Å². The van der Waals surface area contributed by atoms with E-state index in [1.54, 1.807) is 0 Å². The van der Waals surface area contributed by atoms with Crippen LogP contribution in [-0.2, 0) is 6.54 Å². The van der Waals surface area contributed by atoms with Gasteiger partial charge in [0.15, 0.2) is 0 Å². The van der Waals surface area contributed by atoms with Crippen molar-refractivity contribution in [3.05, 3.63) is 23.4 Å². The Labute approximate surface area is 117 Å². The molecule has 0 bridgehead atoms. The fourth-order valence-corrected chi connectivity index (χ4v) is 1.82. The lowest BCUT2D eigenvalue weighted by atomic mass is 10.1. The molecular weight excluding hydrogens is 236 g/mol. The molecule has 0 radical (unpaired) electrons. The topological polar surface area (TPSA) is 34.1 Å². The van der Waals surface area contributed by atoms with E-state index in [1.807, 2.05) is 13.0 Å². The largest absolute Gasteiger partial charge is 0.478 e. The number of nitrogens with zero attached hydrogens (tertiary/aromatic N) is 1. The van der Waals surface area contributed by atoms with Crippen molar-refractivity contribution in [2.24, 2.45) is 5.92 Å². The standard InChI is InChI=1S/C16H28N2O/c1-12(2)7-6-10-19-16-9-8-15(14(5)18-16)11-17-13(3)4/h8-9,12-13,17H,6-7,10-11H2,1-5H3. The highest BCUT2D eigenvalue weighted by atomic mass is 16.5. The number of hydrogen-bond donors (Lipinski definition) is 1. The second kappa shape index (κ2) is 8.16. The second-order valence-corrected chi connectivity index (χ2v) is 5.81. The zero-order valence-electron chi connectivity index (χ0n) is 13.0. The van der Waals surface area contributed by atoms with E-state index in [0.717, 1.165) is 37.1 Å². The molecule has 0 atom stereocenters. The Balaban J connectivity index is 2.42. The van der Waals surface area contributed by atoms with Gasteiger partial charge in [0.05, 0.1) is 6.61 Å². The summed E-state index contributed by atoms with van der Waals surface area (Å²) >= 11 is 0. The van der Waals surface area contributed by atoms with Crippen LogP contribution in [0, 0.1) is 12.8 Å². The van der Waals surface area contributed by atoms with Crippen LogP contribution in [0.25, 0.3) is 0 Å². The summed E-state index contributed by atoms with van der Waals surface area (Å²) in [6, 6.07) is 4.57. The van der Waals surface area contributed by atoms with Gasteiger partial charge in [-0.25, -0.2) is 4.98 Å². The molecule has 0 fully saturated rings. The highest BCUT2D eigenvalue weighted by Gasteiger charge is 2.04. The molecule has 1 N–H and O–H groups in total. The third-order valence-corrected chi connectivity index (χ3v) is 3.05. The highest BCUT2D eigenvalue weighted by molar-refractivity contribution is 5.24. The molecule has 0 aromatic carbocycles. The molecule has 0 aliphatic carbocycles. The van der Waals surface area contributed by atoms with Gasteiger partial charge >= 0.3 is 0 Å². The Bertz CT molecular complexity index is 375. The number of hydrogen-bond acceptors (Lipinski definition) is 3. The molecule has 1 rings (SSSR count). The average Bonchev–Trinajstić information content (AvgIpc) is 2.33. The second-order valence-electron chi connectivity index (χ2n) is 5.81. The van der Waals surface area contributed by atoms with Crippen molar-refractivity contribution >= 4 is 0 Å². The summed E-state index contributed by atoms with van der Waals surface area (Å²) in [5.41, 5.74) is 2.29. The minimum Gasteiger partial charge on any atom is -0.478 e. The fraction of sp³-hybridized carbons (Fsp3) is 0.688.